The van der Waals surface area contributed by atoms with Gasteiger partial charge in [0.15, 0.2) is 0 Å². The van der Waals surface area contributed by atoms with E-state index < -0.39 is 12.0 Å². The molecular weight excluding hydrogens is 273 g/mol. The van der Waals surface area contributed by atoms with Gasteiger partial charge in [-0.05, 0) is 6.07 Å². The SMILES string of the molecule is Cn1ccc(CCNc2cc(N)nc(C(F)(F)F)n2)n1. The van der Waals surface area contributed by atoms with Crippen LogP contribution in [-0.4, -0.2) is 26.3 Å². The topological polar surface area (TPSA) is 81.7 Å². The summed E-state index contributed by atoms with van der Waals surface area (Å²) in [6.45, 7) is 0.394. The van der Waals surface area contributed by atoms with E-state index in [-0.39, 0.29) is 11.6 Å². The summed E-state index contributed by atoms with van der Waals surface area (Å²) in [4.78, 5) is 6.55. The Morgan fingerprint density at radius 1 is 1.35 bits per heavy atom. The zero-order valence-electron chi connectivity index (χ0n) is 10.6. The second-order valence-electron chi connectivity index (χ2n) is 4.16. The number of nitrogens with one attached hydrogen (secondary N) is 1. The first-order chi connectivity index (χ1) is 9.34. The highest BCUT2D eigenvalue weighted by Crippen LogP contribution is 2.27. The monoisotopic (exact) mass is 286 g/mol. The van der Waals surface area contributed by atoms with Gasteiger partial charge in [0.2, 0.25) is 5.82 Å². The van der Waals surface area contributed by atoms with E-state index in [4.69, 9.17) is 5.73 Å². The maximum atomic E-state index is 12.5. The fourth-order valence-corrected chi connectivity index (χ4v) is 1.60. The molecule has 0 amide bonds. The molecule has 108 valence electrons. The van der Waals surface area contributed by atoms with Gasteiger partial charge in [-0.1, -0.05) is 0 Å². The number of hydrogen-bond acceptors (Lipinski definition) is 5. The van der Waals surface area contributed by atoms with Crippen molar-refractivity contribution in [2.24, 2.45) is 7.05 Å². The molecule has 0 spiro atoms. The van der Waals surface area contributed by atoms with Gasteiger partial charge in [-0.3, -0.25) is 4.68 Å². The molecule has 3 N–H and O–H groups in total. The van der Waals surface area contributed by atoms with E-state index in [0.717, 1.165) is 5.69 Å². The molecule has 2 rings (SSSR count). The predicted octanol–water partition coefficient (Wildman–Crippen LogP) is 1.47. The van der Waals surface area contributed by atoms with Gasteiger partial charge >= 0.3 is 6.18 Å². The minimum Gasteiger partial charge on any atom is -0.384 e. The fourth-order valence-electron chi connectivity index (χ4n) is 1.60. The molecular formula is C11H13F3N6. The molecule has 0 aromatic carbocycles. The average molecular weight is 286 g/mol. The highest BCUT2D eigenvalue weighted by atomic mass is 19.4. The van der Waals surface area contributed by atoms with Crippen LogP contribution in [0.4, 0.5) is 24.8 Å². The third-order valence-corrected chi connectivity index (χ3v) is 2.46. The summed E-state index contributed by atoms with van der Waals surface area (Å²) in [5.41, 5.74) is 6.17. The molecule has 2 heterocycles. The summed E-state index contributed by atoms with van der Waals surface area (Å²) in [6, 6.07) is 3.09. The van der Waals surface area contributed by atoms with E-state index >= 15 is 0 Å². The molecule has 2 aromatic rings. The van der Waals surface area contributed by atoms with Crippen LogP contribution < -0.4 is 11.1 Å². The Labute approximate surface area is 112 Å². The quantitative estimate of drug-likeness (QED) is 0.889. The Kier molecular flexibility index (Phi) is 3.77. The lowest BCUT2D eigenvalue weighted by Gasteiger charge is -2.09. The van der Waals surface area contributed by atoms with Gasteiger partial charge in [0, 0.05) is 32.3 Å². The van der Waals surface area contributed by atoms with Gasteiger partial charge in [-0.15, -0.1) is 0 Å². The third kappa shape index (κ3) is 3.59. The smallest absolute Gasteiger partial charge is 0.384 e. The standard InChI is InChI=1S/C11H13F3N6/c1-20-5-3-7(19-20)2-4-16-9-6-8(15)17-10(18-9)11(12,13)14/h3,5-6H,2,4H2,1H3,(H3,15,16,17,18). The lowest BCUT2D eigenvalue weighted by atomic mass is 10.3. The summed E-state index contributed by atoms with van der Waals surface area (Å²) in [6.07, 6.45) is -2.27. The highest BCUT2D eigenvalue weighted by molar-refractivity contribution is 5.44. The van der Waals surface area contributed by atoms with Crippen molar-refractivity contribution in [3.05, 3.63) is 29.8 Å². The molecule has 0 aliphatic rings. The van der Waals surface area contributed by atoms with Gasteiger partial charge in [0.1, 0.15) is 11.6 Å². The van der Waals surface area contributed by atoms with Crippen molar-refractivity contribution in [2.75, 3.05) is 17.6 Å². The molecule has 0 radical (unpaired) electrons. The van der Waals surface area contributed by atoms with Crippen LogP contribution >= 0.6 is 0 Å². The minimum absolute atomic E-state index is 0.0424. The zero-order chi connectivity index (χ0) is 14.8. The molecule has 0 saturated carbocycles. The molecule has 0 bridgehead atoms. The first-order valence-corrected chi connectivity index (χ1v) is 5.79. The van der Waals surface area contributed by atoms with Crippen molar-refractivity contribution in [1.29, 1.82) is 0 Å². The van der Waals surface area contributed by atoms with Crippen molar-refractivity contribution < 1.29 is 13.2 Å². The lowest BCUT2D eigenvalue weighted by Crippen LogP contribution is -2.15. The predicted molar refractivity (Wildman–Crippen MR) is 66.8 cm³/mol. The lowest BCUT2D eigenvalue weighted by molar-refractivity contribution is -0.144. The number of aromatic nitrogens is 4. The second-order valence-corrected chi connectivity index (χ2v) is 4.16. The number of nitrogen functional groups attached to an aromatic ring is 1. The van der Waals surface area contributed by atoms with Crippen LogP contribution in [0.1, 0.15) is 11.5 Å². The number of aryl methyl sites for hydroxylation is 1. The van der Waals surface area contributed by atoms with Crippen molar-refractivity contribution >= 4 is 11.6 Å². The second kappa shape index (κ2) is 5.35. The van der Waals surface area contributed by atoms with Crippen LogP contribution in [0, 0.1) is 0 Å². The summed E-state index contributed by atoms with van der Waals surface area (Å²) in [7, 11) is 1.79. The Morgan fingerprint density at radius 3 is 2.70 bits per heavy atom. The van der Waals surface area contributed by atoms with E-state index in [2.05, 4.69) is 20.4 Å². The van der Waals surface area contributed by atoms with Gasteiger partial charge in [0.05, 0.1) is 5.69 Å². The summed E-state index contributed by atoms with van der Waals surface area (Å²) >= 11 is 0. The van der Waals surface area contributed by atoms with Crippen molar-refractivity contribution in [1.82, 2.24) is 19.7 Å². The molecule has 20 heavy (non-hydrogen) atoms. The zero-order valence-corrected chi connectivity index (χ0v) is 10.6. The molecule has 2 aromatic heterocycles. The van der Waals surface area contributed by atoms with Crippen LogP contribution in [0.15, 0.2) is 18.3 Å². The third-order valence-electron chi connectivity index (χ3n) is 2.46. The number of alkyl halides is 3. The Bertz CT molecular complexity index is 592. The average Bonchev–Trinajstić information content (AvgIpc) is 2.73. The number of nitrogens with zero attached hydrogens (tertiary/aromatic N) is 4. The summed E-state index contributed by atoms with van der Waals surface area (Å²) < 4.78 is 39.2. The highest BCUT2D eigenvalue weighted by Gasteiger charge is 2.35. The maximum Gasteiger partial charge on any atom is 0.451 e. The molecule has 0 atom stereocenters. The fraction of sp³-hybridized carbons (Fsp3) is 0.364. The van der Waals surface area contributed by atoms with Crippen LogP contribution in [0.5, 0.6) is 0 Å². The van der Waals surface area contributed by atoms with Gasteiger partial charge in [-0.2, -0.15) is 18.3 Å². The van der Waals surface area contributed by atoms with E-state index in [9.17, 15) is 13.2 Å². The molecule has 0 unspecified atom stereocenters. The molecule has 0 saturated heterocycles. The first kappa shape index (κ1) is 14.1. The van der Waals surface area contributed by atoms with Crippen molar-refractivity contribution in [3.63, 3.8) is 0 Å². The van der Waals surface area contributed by atoms with Crippen LogP contribution in [0.25, 0.3) is 0 Å². The number of anilines is 2. The first-order valence-electron chi connectivity index (χ1n) is 5.79. The number of hydrogen-bond donors (Lipinski definition) is 2. The molecule has 0 aliphatic carbocycles. The Hall–Kier alpha value is -2.32. The van der Waals surface area contributed by atoms with Gasteiger partial charge in [-0.25, -0.2) is 9.97 Å². The molecule has 0 aliphatic heterocycles. The molecule has 0 fully saturated rings. The van der Waals surface area contributed by atoms with Crippen LogP contribution in [0.3, 0.4) is 0 Å². The Balaban J connectivity index is 2.00. The largest absolute Gasteiger partial charge is 0.451 e. The summed E-state index contributed by atoms with van der Waals surface area (Å²) in [5, 5.41) is 6.93. The summed E-state index contributed by atoms with van der Waals surface area (Å²) in [5.74, 6) is -1.44. The minimum atomic E-state index is -4.62. The van der Waals surface area contributed by atoms with Gasteiger partial charge in [0.25, 0.3) is 0 Å². The van der Waals surface area contributed by atoms with Crippen molar-refractivity contribution in [3.8, 4) is 0 Å². The van der Waals surface area contributed by atoms with Crippen LogP contribution in [0.2, 0.25) is 0 Å². The number of halogens is 3. The number of rotatable bonds is 4. The normalized spacial score (nSPS) is 11.6. The maximum absolute atomic E-state index is 12.5. The van der Waals surface area contributed by atoms with Crippen LogP contribution in [-0.2, 0) is 19.6 Å². The van der Waals surface area contributed by atoms with Gasteiger partial charge < -0.3 is 11.1 Å². The van der Waals surface area contributed by atoms with E-state index in [1.807, 2.05) is 6.07 Å². The Morgan fingerprint density at radius 2 is 2.10 bits per heavy atom. The van der Waals surface area contributed by atoms with Crippen molar-refractivity contribution in [2.45, 2.75) is 12.6 Å². The van der Waals surface area contributed by atoms with E-state index in [0.29, 0.717) is 13.0 Å². The van der Waals surface area contributed by atoms with E-state index in [1.165, 1.54) is 6.07 Å². The molecule has 6 nitrogen and oxygen atoms in total. The number of nitrogens with two attached hydrogens (primary N) is 1. The van der Waals surface area contributed by atoms with E-state index in [1.54, 1.807) is 17.9 Å². The molecule has 9 heteroatoms.